The van der Waals surface area contributed by atoms with Crippen molar-refractivity contribution < 1.29 is 0 Å². The van der Waals surface area contributed by atoms with Gasteiger partial charge in [-0.3, -0.25) is 0 Å². The molecular weight excluding hydrogens is 156 g/mol. The van der Waals surface area contributed by atoms with Gasteiger partial charge in [-0.1, -0.05) is 44.9 Å². The van der Waals surface area contributed by atoms with E-state index in [1.807, 2.05) is 0 Å². The molecule has 0 saturated carbocycles. The lowest BCUT2D eigenvalue weighted by Gasteiger charge is -2.05. The van der Waals surface area contributed by atoms with E-state index in [0.29, 0.717) is 0 Å². The Hall–Kier alpha value is -0.780. The first-order chi connectivity index (χ1) is 6.26. The van der Waals surface area contributed by atoms with Crippen molar-refractivity contribution in [3.05, 3.63) is 41.8 Å². The van der Waals surface area contributed by atoms with Gasteiger partial charge < -0.3 is 0 Å². The monoisotopic (exact) mass is 175 g/mol. The molecule has 0 N–H and O–H groups in total. The number of hydrogen-bond acceptors (Lipinski definition) is 0. The van der Waals surface area contributed by atoms with Gasteiger partial charge in [0.05, 0.1) is 0 Å². The Bertz CT molecular complexity index is 236. The van der Waals surface area contributed by atoms with Crippen molar-refractivity contribution >= 4 is 0 Å². The summed E-state index contributed by atoms with van der Waals surface area (Å²) in [4.78, 5) is 0. The largest absolute Gasteiger partial charge is 0.0651 e. The van der Waals surface area contributed by atoms with Gasteiger partial charge in [-0.25, -0.2) is 0 Å². The fourth-order valence-electron chi connectivity index (χ4n) is 1.71. The van der Waals surface area contributed by atoms with Crippen LogP contribution in [0.3, 0.4) is 0 Å². The zero-order chi connectivity index (χ0) is 9.68. The van der Waals surface area contributed by atoms with Crippen LogP contribution in [-0.4, -0.2) is 0 Å². The fraction of sp³-hybridized carbons (Fsp3) is 0.462. The third-order valence-electron chi connectivity index (χ3n) is 2.19. The van der Waals surface area contributed by atoms with Gasteiger partial charge in [0, 0.05) is 0 Å². The van der Waals surface area contributed by atoms with E-state index in [0.717, 1.165) is 5.56 Å². The molecule has 0 aliphatic rings. The zero-order valence-electron chi connectivity index (χ0n) is 8.77. The molecule has 0 aliphatic carbocycles. The van der Waals surface area contributed by atoms with Gasteiger partial charge in [0.25, 0.3) is 0 Å². The molecule has 0 nitrogen and oxygen atoms in total. The summed E-state index contributed by atoms with van der Waals surface area (Å²) in [7, 11) is 0. The van der Waals surface area contributed by atoms with Crippen molar-refractivity contribution in [3.63, 3.8) is 0 Å². The summed E-state index contributed by atoms with van der Waals surface area (Å²) in [6.07, 6.45) is 4.80. The lowest BCUT2D eigenvalue weighted by atomic mass is 10.0. The molecule has 0 fully saturated rings. The van der Waals surface area contributed by atoms with E-state index >= 15 is 0 Å². The highest BCUT2D eigenvalue weighted by molar-refractivity contribution is 5.31. The Labute approximate surface area is 82.0 Å². The standard InChI is InChI=1S/C13H19/c1-4-6-12-8-11(3)9-13(10-12)7-5-2/h8-10H,3-7H2,1-2H3. The Kier molecular flexibility index (Phi) is 4.01. The van der Waals surface area contributed by atoms with Gasteiger partial charge in [0.1, 0.15) is 0 Å². The molecule has 0 heteroatoms. The molecule has 0 heterocycles. The highest BCUT2D eigenvalue weighted by Gasteiger charge is 1.97. The van der Waals surface area contributed by atoms with Gasteiger partial charge >= 0.3 is 0 Å². The minimum absolute atomic E-state index is 1.16. The number of rotatable bonds is 4. The Morgan fingerprint density at radius 3 is 1.77 bits per heavy atom. The van der Waals surface area contributed by atoms with Crippen LogP contribution in [0.5, 0.6) is 0 Å². The van der Waals surface area contributed by atoms with Crippen molar-refractivity contribution in [3.8, 4) is 0 Å². The molecule has 71 valence electrons. The van der Waals surface area contributed by atoms with E-state index < -0.39 is 0 Å². The second-order valence-electron chi connectivity index (χ2n) is 3.66. The molecule has 0 unspecified atom stereocenters. The maximum Gasteiger partial charge on any atom is -0.0238 e. The van der Waals surface area contributed by atoms with E-state index in [4.69, 9.17) is 0 Å². The molecular formula is C13H19. The molecule has 1 aromatic carbocycles. The predicted molar refractivity (Wildman–Crippen MR) is 58.9 cm³/mol. The van der Waals surface area contributed by atoms with Crippen LogP contribution in [0, 0.1) is 6.92 Å². The smallest absolute Gasteiger partial charge is 0.0238 e. The van der Waals surface area contributed by atoms with E-state index in [2.05, 4.69) is 39.0 Å². The summed E-state index contributed by atoms with van der Waals surface area (Å²) in [5.74, 6) is 0. The van der Waals surface area contributed by atoms with Crippen LogP contribution in [-0.2, 0) is 12.8 Å². The van der Waals surface area contributed by atoms with Crippen molar-refractivity contribution in [2.75, 3.05) is 0 Å². The van der Waals surface area contributed by atoms with Crippen LogP contribution in [0.15, 0.2) is 18.2 Å². The van der Waals surface area contributed by atoms with Crippen LogP contribution < -0.4 is 0 Å². The second kappa shape index (κ2) is 5.06. The first-order valence-corrected chi connectivity index (χ1v) is 5.21. The number of aryl methyl sites for hydroxylation is 2. The van der Waals surface area contributed by atoms with Crippen LogP contribution in [0.1, 0.15) is 43.4 Å². The first kappa shape index (κ1) is 10.3. The third-order valence-corrected chi connectivity index (χ3v) is 2.19. The van der Waals surface area contributed by atoms with Crippen molar-refractivity contribution in [1.29, 1.82) is 0 Å². The Morgan fingerprint density at radius 1 is 0.923 bits per heavy atom. The summed E-state index contributed by atoms with van der Waals surface area (Å²) >= 11 is 0. The third kappa shape index (κ3) is 3.22. The lowest BCUT2D eigenvalue weighted by molar-refractivity contribution is 0.894. The number of benzene rings is 1. The van der Waals surface area contributed by atoms with Crippen molar-refractivity contribution in [2.24, 2.45) is 0 Å². The zero-order valence-corrected chi connectivity index (χ0v) is 8.77. The molecule has 1 aromatic rings. The minimum Gasteiger partial charge on any atom is -0.0651 e. The normalized spacial score (nSPS) is 10.4. The fourth-order valence-corrected chi connectivity index (χ4v) is 1.71. The summed E-state index contributed by atoms with van der Waals surface area (Å²) in [5.41, 5.74) is 4.05. The Balaban J connectivity index is 2.83. The van der Waals surface area contributed by atoms with Gasteiger partial charge in [0.2, 0.25) is 0 Å². The van der Waals surface area contributed by atoms with Crippen LogP contribution in [0.25, 0.3) is 0 Å². The molecule has 0 amide bonds. The summed E-state index contributed by atoms with van der Waals surface area (Å²) in [6.45, 7) is 8.44. The molecule has 1 radical (unpaired) electrons. The van der Waals surface area contributed by atoms with Crippen LogP contribution >= 0.6 is 0 Å². The highest BCUT2D eigenvalue weighted by atomic mass is 14.0. The quantitative estimate of drug-likeness (QED) is 0.653. The topological polar surface area (TPSA) is 0 Å². The van der Waals surface area contributed by atoms with Crippen LogP contribution in [0.4, 0.5) is 0 Å². The molecule has 0 atom stereocenters. The van der Waals surface area contributed by atoms with Gasteiger partial charge in [-0.15, -0.1) is 0 Å². The molecule has 0 aliphatic heterocycles. The molecule has 0 spiro atoms. The maximum atomic E-state index is 4.01. The average molecular weight is 175 g/mol. The van der Waals surface area contributed by atoms with E-state index in [1.54, 1.807) is 0 Å². The summed E-state index contributed by atoms with van der Waals surface area (Å²) in [5, 5.41) is 0. The maximum absolute atomic E-state index is 4.01. The molecule has 1 rings (SSSR count). The Morgan fingerprint density at radius 2 is 1.38 bits per heavy atom. The van der Waals surface area contributed by atoms with E-state index in [-0.39, 0.29) is 0 Å². The average Bonchev–Trinajstić information content (AvgIpc) is 2.04. The second-order valence-corrected chi connectivity index (χ2v) is 3.66. The number of hydrogen-bond donors (Lipinski definition) is 0. The van der Waals surface area contributed by atoms with E-state index in [1.165, 1.54) is 36.8 Å². The molecule has 0 bridgehead atoms. The van der Waals surface area contributed by atoms with Gasteiger partial charge in [-0.05, 0) is 36.5 Å². The summed E-state index contributed by atoms with van der Waals surface area (Å²) < 4.78 is 0. The van der Waals surface area contributed by atoms with Crippen molar-refractivity contribution in [2.45, 2.75) is 39.5 Å². The lowest BCUT2D eigenvalue weighted by Crippen LogP contribution is -1.90. The molecule has 0 saturated heterocycles. The van der Waals surface area contributed by atoms with E-state index in [9.17, 15) is 0 Å². The summed E-state index contributed by atoms with van der Waals surface area (Å²) in [6, 6.07) is 6.72. The van der Waals surface area contributed by atoms with Gasteiger partial charge in [-0.2, -0.15) is 0 Å². The first-order valence-electron chi connectivity index (χ1n) is 5.21. The SMILES string of the molecule is [CH2]c1cc(CCC)cc(CCC)c1. The molecule has 13 heavy (non-hydrogen) atoms. The predicted octanol–water partition coefficient (Wildman–Crippen LogP) is 3.77. The molecule has 0 aromatic heterocycles. The van der Waals surface area contributed by atoms with Crippen molar-refractivity contribution in [1.82, 2.24) is 0 Å². The highest BCUT2D eigenvalue weighted by Crippen LogP contribution is 2.12. The van der Waals surface area contributed by atoms with Crippen LogP contribution in [0.2, 0.25) is 0 Å². The minimum atomic E-state index is 1.16. The van der Waals surface area contributed by atoms with Gasteiger partial charge in [0.15, 0.2) is 0 Å².